The lowest BCUT2D eigenvalue weighted by Crippen LogP contribution is -2.50. The fourth-order valence-electron chi connectivity index (χ4n) is 4.28. The molecule has 4 rings (SSSR count). The van der Waals surface area contributed by atoms with Crippen LogP contribution in [-0.4, -0.2) is 59.5 Å². The number of hydrogen-bond acceptors (Lipinski definition) is 4. The van der Waals surface area contributed by atoms with Crippen molar-refractivity contribution in [3.8, 4) is 0 Å². The molecule has 1 aliphatic heterocycles. The molecule has 0 radical (unpaired) electrons. The van der Waals surface area contributed by atoms with Gasteiger partial charge in [-0.1, -0.05) is 36.4 Å². The Kier molecular flexibility index (Phi) is 6.41. The number of aromatic nitrogens is 2. The maximum Gasteiger partial charge on any atom is 0.253 e. The quantitative estimate of drug-likeness (QED) is 0.578. The summed E-state index contributed by atoms with van der Waals surface area (Å²) < 4.78 is 30.2. The summed E-state index contributed by atoms with van der Waals surface area (Å²) in [6, 6.07) is 15.5. The summed E-state index contributed by atoms with van der Waals surface area (Å²) in [4.78, 5) is 14.9. The maximum absolute atomic E-state index is 13.5. The largest absolute Gasteiger partial charge is 0.336 e. The second kappa shape index (κ2) is 9.11. The number of nitrogens with zero attached hydrogens (tertiary/aromatic N) is 4. The summed E-state index contributed by atoms with van der Waals surface area (Å²) in [5.41, 5.74) is 5.04. The second-order valence-electron chi connectivity index (χ2n) is 8.64. The summed E-state index contributed by atoms with van der Waals surface area (Å²) in [5, 5.41) is 4.51. The molecule has 0 saturated carbocycles. The average molecular weight is 467 g/mol. The van der Waals surface area contributed by atoms with E-state index >= 15 is 0 Å². The minimum absolute atomic E-state index is 0.0572. The van der Waals surface area contributed by atoms with Crippen LogP contribution >= 0.6 is 0 Å². The smallest absolute Gasteiger partial charge is 0.253 e. The van der Waals surface area contributed by atoms with E-state index < -0.39 is 10.0 Å². The molecule has 7 nitrogen and oxygen atoms in total. The predicted molar refractivity (Wildman–Crippen MR) is 128 cm³/mol. The summed E-state index contributed by atoms with van der Waals surface area (Å²) in [7, 11) is -3.71. The average Bonchev–Trinajstić information content (AvgIpc) is 3.09. The van der Waals surface area contributed by atoms with E-state index in [9.17, 15) is 13.2 Å². The van der Waals surface area contributed by atoms with E-state index in [1.165, 1.54) is 4.31 Å². The number of benzene rings is 2. The lowest BCUT2D eigenvalue weighted by molar-refractivity contribution is 0.0697. The molecule has 2 aromatic carbocycles. The van der Waals surface area contributed by atoms with Crippen molar-refractivity contribution in [1.82, 2.24) is 19.0 Å². The number of rotatable bonds is 5. The normalized spacial score (nSPS) is 15.1. The van der Waals surface area contributed by atoms with Crippen molar-refractivity contribution in [2.45, 2.75) is 39.1 Å². The molecule has 1 aliphatic rings. The first-order valence-electron chi connectivity index (χ1n) is 11.1. The Morgan fingerprint density at radius 1 is 0.909 bits per heavy atom. The molecule has 0 aliphatic carbocycles. The Morgan fingerprint density at radius 3 is 2.21 bits per heavy atom. The third-order valence-electron chi connectivity index (χ3n) is 6.37. The van der Waals surface area contributed by atoms with E-state index in [0.29, 0.717) is 36.6 Å². The number of carbonyl (C=O) groups excluding carboxylic acids is 1. The van der Waals surface area contributed by atoms with Crippen LogP contribution in [0.4, 0.5) is 0 Å². The summed E-state index contributed by atoms with van der Waals surface area (Å²) in [5.74, 6) is -0.0572. The van der Waals surface area contributed by atoms with Crippen LogP contribution in [0.3, 0.4) is 0 Å². The van der Waals surface area contributed by atoms with E-state index in [1.807, 2.05) is 62.4 Å². The van der Waals surface area contributed by atoms with Crippen LogP contribution in [0.1, 0.15) is 38.4 Å². The van der Waals surface area contributed by atoms with Gasteiger partial charge in [-0.05, 0) is 56.5 Å². The van der Waals surface area contributed by atoms with Gasteiger partial charge in [0.05, 0.1) is 17.9 Å². The van der Waals surface area contributed by atoms with E-state index in [1.54, 1.807) is 23.4 Å². The number of sulfonamides is 1. The van der Waals surface area contributed by atoms with Crippen molar-refractivity contribution in [1.29, 1.82) is 0 Å². The zero-order valence-electron chi connectivity index (χ0n) is 19.6. The Bertz CT molecular complexity index is 1270. The van der Waals surface area contributed by atoms with Gasteiger partial charge in [0.1, 0.15) is 4.90 Å². The zero-order valence-corrected chi connectivity index (χ0v) is 20.4. The lowest BCUT2D eigenvalue weighted by Gasteiger charge is -2.34. The molecule has 3 aromatic rings. The van der Waals surface area contributed by atoms with Crippen LogP contribution in [0.15, 0.2) is 53.4 Å². The van der Waals surface area contributed by atoms with Gasteiger partial charge in [-0.25, -0.2) is 8.42 Å². The van der Waals surface area contributed by atoms with Crippen LogP contribution in [0.2, 0.25) is 0 Å². The van der Waals surface area contributed by atoms with Crippen LogP contribution in [0.25, 0.3) is 0 Å². The lowest BCUT2D eigenvalue weighted by atomic mass is 10.1. The zero-order chi connectivity index (χ0) is 23.8. The molecule has 1 amide bonds. The highest BCUT2D eigenvalue weighted by Crippen LogP contribution is 2.25. The Morgan fingerprint density at radius 2 is 1.58 bits per heavy atom. The SMILES string of the molecule is Cc1ccc(C(=O)N2CCN(S(=O)(=O)c3c(C)nn(Cc4ccccc4)c3C)CC2)cc1C. The Hall–Kier alpha value is -2.97. The van der Waals surface area contributed by atoms with Crippen LogP contribution < -0.4 is 0 Å². The first-order valence-corrected chi connectivity index (χ1v) is 12.6. The highest BCUT2D eigenvalue weighted by atomic mass is 32.2. The molecule has 174 valence electrons. The van der Waals surface area contributed by atoms with Gasteiger partial charge >= 0.3 is 0 Å². The van der Waals surface area contributed by atoms with Crippen molar-refractivity contribution >= 4 is 15.9 Å². The molecule has 8 heteroatoms. The Balaban J connectivity index is 1.49. The van der Waals surface area contributed by atoms with Gasteiger partial charge in [-0.2, -0.15) is 9.40 Å². The van der Waals surface area contributed by atoms with Gasteiger partial charge in [0.25, 0.3) is 5.91 Å². The second-order valence-corrected chi connectivity index (χ2v) is 10.5. The van der Waals surface area contributed by atoms with Crippen LogP contribution in [-0.2, 0) is 16.6 Å². The fourth-order valence-corrected chi connectivity index (χ4v) is 6.08. The first kappa shape index (κ1) is 23.2. The molecule has 0 N–H and O–H groups in total. The summed E-state index contributed by atoms with van der Waals surface area (Å²) >= 11 is 0. The standard InChI is InChI=1S/C25H30N4O3S/c1-18-10-11-23(16-19(18)2)25(30)27-12-14-28(15-13-27)33(31,32)24-20(3)26-29(21(24)4)17-22-8-6-5-7-9-22/h5-11,16H,12-15,17H2,1-4H3. The van der Waals surface area contributed by atoms with Crippen molar-refractivity contribution in [3.05, 3.63) is 82.2 Å². The molecule has 0 atom stereocenters. The minimum Gasteiger partial charge on any atom is -0.336 e. The molecule has 2 heterocycles. The van der Waals surface area contributed by atoms with Crippen LogP contribution in [0.5, 0.6) is 0 Å². The third kappa shape index (κ3) is 4.58. The molecule has 0 bridgehead atoms. The van der Waals surface area contributed by atoms with Crippen LogP contribution in [0, 0.1) is 27.7 Å². The fraction of sp³-hybridized carbons (Fsp3) is 0.360. The number of carbonyl (C=O) groups is 1. The predicted octanol–water partition coefficient (Wildman–Crippen LogP) is 3.31. The summed E-state index contributed by atoms with van der Waals surface area (Å²) in [6.07, 6.45) is 0. The summed E-state index contributed by atoms with van der Waals surface area (Å²) in [6.45, 7) is 9.31. The van der Waals surface area contributed by atoms with E-state index in [0.717, 1.165) is 16.7 Å². The Labute approximate surface area is 195 Å². The molecular weight excluding hydrogens is 436 g/mol. The molecule has 1 fully saturated rings. The van der Waals surface area contributed by atoms with Crippen molar-refractivity contribution in [2.24, 2.45) is 0 Å². The maximum atomic E-state index is 13.5. The van der Waals surface area contributed by atoms with E-state index in [4.69, 9.17) is 0 Å². The molecule has 0 unspecified atom stereocenters. The van der Waals surface area contributed by atoms with Gasteiger partial charge in [-0.15, -0.1) is 0 Å². The molecule has 1 aromatic heterocycles. The molecule has 33 heavy (non-hydrogen) atoms. The van der Waals surface area contributed by atoms with Crippen molar-refractivity contribution in [2.75, 3.05) is 26.2 Å². The highest BCUT2D eigenvalue weighted by Gasteiger charge is 2.34. The van der Waals surface area contributed by atoms with Crippen molar-refractivity contribution in [3.63, 3.8) is 0 Å². The molecular formula is C25H30N4O3S. The monoisotopic (exact) mass is 466 g/mol. The van der Waals surface area contributed by atoms with Gasteiger partial charge in [0.2, 0.25) is 10.0 Å². The van der Waals surface area contributed by atoms with E-state index in [2.05, 4.69) is 5.10 Å². The van der Waals surface area contributed by atoms with Crippen molar-refractivity contribution < 1.29 is 13.2 Å². The number of amides is 1. The van der Waals surface area contributed by atoms with Gasteiger partial charge in [0.15, 0.2) is 0 Å². The van der Waals surface area contributed by atoms with E-state index in [-0.39, 0.29) is 23.9 Å². The number of aryl methyl sites for hydroxylation is 3. The molecule has 1 saturated heterocycles. The third-order valence-corrected chi connectivity index (χ3v) is 8.52. The topological polar surface area (TPSA) is 75.5 Å². The highest BCUT2D eigenvalue weighted by molar-refractivity contribution is 7.89. The number of hydrogen-bond donors (Lipinski definition) is 0. The molecule has 0 spiro atoms. The number of piperazine rings is 1. The van der Waals surface area contributed by atoms with Gasteiger partial charge in [0, 0.05) is 31.7 Å². The van der Waals surface area contributed by atoms with Gasteiger partial charge in [-0.3, -0.25) is 9.48 Å². The minimum atomic E-state index is -3.71. The first-order chi connectivity index (χ1) is 15.7. The van der Waals surface area contributed by atoms with Gasteiger partial charge < -0.3 is 4.90 Å².